The maximum atomic E-state index is 13.1. The number of benzene rings is 2. The Morgan fingerprint density at radius 3 is 2.68 bits per heavy atom. The summed E-state index contributed by atoms with van der Waals surface area (Å²) in [5, 5.41) is 10.9. The van der Waals surface area contributed by atoms with Crippen LogP contribution in [-0.2, 0) is 11.2 Å². The Labute approximate surface area is 152 Å². The molecule has 0 saturated heterocycles. The van der Waals surface area contributed by atoms with Crippen molar-refractivity contribution in [1.82, 2.24) is 10.2 Å². The number of amides is 1. The number of nitrogens with zero attached hydrogens (tertiary/aromatic N) is 2. The van der Waals surface area contributed by atoms with E-state index in [1.54, 1.807) is 18.2 Å². The van der Waals surface area contributed by atoms with Crippen LogP contribution in [0.3, 0.4) is 0 Å². The van der Waals surface area contributed by atoms with Crippen LogP contribution in [0.1, 0.15) is 12.3 Å². The van der Waals surface area contributed by atoms with Crippen molar-refractivity contribution in [3.8, 4) is 11.5 Å². The van der Waals surface area contributed by atoms with Crippen LogP contribution in [-0.4, -0.2) is 16.1 Å². The molecule has 0 radical (unpaired) electrons. The van der Waals surface area contributed by atoms with Crippen LogP contribution >= 0.6 is 23.2 Å². The Morgan fingerprint density at radius 1 is 1.12 bits per heavy atom. The van der Waals surface area contributed by atoms with Gasteiger partial charge in [0.05, 0.1) is 15.6 Å². The SMILES string of the molecule is O=C(CCc1nnc(-c2ccccc2Cl)o1)Nc1ccc(F)c(Cl)c1. The van der Waals surface area contributed by atoms with Gasteiger partial charge in [-0.25, -0.2) is 4.39 Å². The standard InChI is InChI=1S/C17H12Cl2FN3O2/c18-12-4-2-1-3-11(12)17-23-22-16(25-17)8-7-15(24)21-10-5-6-14(20)13(19)9-10/h1-6,9H,7-8H2,(H,21,24). The van der Waals surface area contributed by atoms with E-state index >= 15 is 0 Å². The highest BCUT2D eigenvalue weighted by atomic mass is 35.5. The molecule has 0 fully saturated rings. The van der Waals surface area contributed by atoms with E-state index in [0.29, 0.717) is 28.1 Å². The number of anilines is 1. The maximum Gasteiger partial charge on any atom is 0.249 e. The quantitative estimate of drug-likeness (QED) is 0.694. The first kappa shape index (κ1) is 17.4. The topological polar surface area (TPSA) is 68.0 Å². The highest BCUT2D eigenvalue weighted by molar-refractivity contribution is 6.33. The minimum Gasteiger partial charge on any atom is -0.421 e. The van der Waals surface area contributed by atoms with E-state index in [-0.39, 0.29) is 23.8 Å². The van der Waals surface area contributed by atoms with Crippen molar-refractivity contribution in [2.24, 2.45) is 0 Å². The Kier molecular flexibility index (Phi) is 5.31. The first-order chi connectivity index (χ1) is 12.0. The van der Waals surface area contributed by atoms with Crippen molar-refractivity contribution in [3.05, 3.63) is 64.2 Å². The molecule has 0 unspecified atom stereocenters. The molecular weight excluding hydrogens is 368 g/mol. The van der Waals surface area contributed by atoms with E-state index in [2.05, 4.69) is 15.5 Å². The van der Waals surface area contributed by atoms with E-state index in [0.717, 1.165) is 0 Å². The van der Waals surface area contributed by atoms with Gasteiger partial charge < -0.3 is 9.73 Å². The zero-order valence-corrected chi connectivity index (χ0v) is 14.3. The van der Waals surface area contributed by atoms with E-state index in [9.17, 15) is 9.18 Å². The first-order valence-electron chi connectivity index (χ1n) is 7.35. The zero-order chi connectivity index (χ0) is 17.8. The molecule has 3 rings (SSSR count). The molecule has 3 aromatic rings. The van der Waals surface area contributed by atoms with Crippen LogP contribution in [0.2, 0.25) is 10.0 Å². The predicted octanol–water partition coefficient (Wildman–Crippen LogP) is 4.75. The van der Waals surface area contributed by atoms with Gasteiger partial charge in [0.1, 0.15) is 5.82 Å². The summed E-state index contributed by atoms with van der Waals surface area (Å²) in [5.41, 5.74) is 1.05. The van der Waals surface area contributed by atoms with Gasteiger partial charge in [0.15, 0.2) is 0 Å². The molecule has 0 aliphatic carbocycles. The van der Waals surface area contributed by atoms with Crippen LogP contribution in [0.4, 0.5) is 10.1 Å². The normalized spacial score (nSPS) is 10.7. The maximum absolute atomic E-state index is 13.1. The molecule has 25 heavy (non-hydrogen) atoms. The van der Waals surface area contributed by atoms with Crippen molar-refractivity contribution < 1.29 is 13.6 Å². The van der Waals surface area contributed by atoms with Gasteiger partial charge in [-0.3, -0.25) is 4.79 Å². The summed E-state index contributed by atoms with van der Waals surface area (Å²) in [6.45, 7) is 0. The molecule has 1 amide bonds. The highest BCUT2D eigenvalue weighted by Crippen LogP contribution is 2.26. The summed E-state index contributed by atoms with van der Waals surface area (Å²) in [6, 6.07) is 11.1. The third kappa shape index (κ3) is 4.35. The third-order valence-electron chi connectivity index (χ3n) is 3.34. The molecule has 2 aromatic carbocycles. The fraction of sp³-hybridized carbons (Fsp3) is 0.118. The Balaban J connectivity index is 1.59. The minimum atomic E-state index is -0.544. The molecule has 128 valence electrons. The van der Waals surface area contributed by atoms with Crippen molar-refractivity contribution in [1.29, 1.82) is 0 Å². The summed E-state index contributed by atoms with van der Waals surface area (Å²) >= 11 is 11.8. The monoisotopic (exact) mass is 379 g/mol. The minimum absolute atomic E-state index is 0.0564. The number of halogens is 3. The van der Waals surface area contributed by atoms with Crippen LogP contribution in [0, 0.1) is 5.82 Å². The second kappa shape index (κ2) is 7.63. The lowest BCUT2D eigenvalue weighted by Crippen LogP contribution is -2.12. The van der Waals surface area contributed by atoms with Gasteiger partial charge in [-0.2, -0.15) is 0 Å². The van der Waals surface area contributed by atoms with E-state index in [1.165, 1.54) is 18.2 Å². The van der Waals surface area contributed by atoms with Crippen molar-refractivity contribution in [2.75, 3.05) is 5.32 Å². The number of aryl methyl sites for hydroxylation is 1. The lowest BCUT2D eigenvalue weighted by molar-refractivity contribution is -0.116. The number of carbonyl (C=O) groups is 1. The van der Waals surface area contributed by atoms with Crippen molar-refractivity contribution in [3.63, 3.8) is 0 Å². The number of aromatic nitrogens is 2. The average Bonchev–Trinajstić information content (AvgIpc) is 3.05. The van der Waals surface area contributed by atoms with Crippen LogP contribution in [0.25, 0.3) is 11.5 Å². The molecule has 0 aliphatic heterocycles. The van der Waals surface area contributed by atoms with Crippen molar-refractivity contribution in [2.45, 2.75) is 12.8 Å². The molecule has 1 aromatic heterocycles. The molecule has 8 heteroatoms. The van der Waals surface area contributed by atoms with E-state index in [4.69, 9.17) is 27.6 Å². The van der Waals surface area contributed by atoms with Crippen molar-refractivity contribution >= 4 is 34.8 Å². The molecule has 0 atom stereocenters. The smallest absolute Gasteiger partial charge is 0.249 e. The number of carbonyl (C=O) groups excluding carboxylic acids is 1. The number of nitrogens with one attached hydrogen (secondary N) is 1. The second-order valence-corrected chi connectivity index (χ2v) is 5.97. The molecule has 0 aliphatic rings. The van der Waals surface area contributed by atoms with Gasteiger partial charge in [0.2, 0.25) is 17.7 Å². The third-order valence-corrected chi connectivity index (χ3v) is 3.96. The predicted molar refractivity (Wildman–Crippen MR) is 93.1 cm³/mol. The molecule has 0 bridgehead atoms. The number of hydrogen-bond donors (Lipinski definition) is 1. The fourth-order valence-corrected chi connectivity index (χ4v) is 2.51. The Morgan fingerprint density at radius 2 is 1.92 bits per heavy atom. The zero-order valence-electron chi connectivity index (χ0n) is 12.8. The van der Waals surface area contributed by atoms with Gasteiger partial charge in [-0.05, 0) is 30.3 Å². The van der Waals surface area contributed by atoms with Crippen LogP contribution in [0.15, 0.2) is 46.9 Å². The van der Waals surface area contributed by atoms with Crippen LogP contribution < -0.4 is 5.32 Å². The van der Waals surface area contributed by atoms with Gasteiger partial charge in [-0.15, -0.1) is 10.2 Å². The lowest BCUT2D eigenvalue weighted by atomic mass is 10.2. The molecule has 0 saturated carbocycles. The lowest BCUT2D eigenvalue weighted by Gasteiger charge is -2.05. The second-order valence-electron chi connectivity index (χ2n) is 5.16. The van der Waals surface area contributed by atoms with Gasteiger partial charge >= 0.3 is 0 Å². The summed E-state index contributed by atoms with van der Waals surface area (Å²) in [7, 11) is 0. The van der Waals surface area contributed by atoms with Gasteiger partial charge in [0, 0.05) is 18.5 Å². The summed E-state index contributed by atoms with van der Waals surface area (Å²) in [6.07, 6.45) is 0.386. The Bertz CT molecular complexity index is 914. The number of hydrogen-bond acceptors (Lipinski definition) is 4. The van der Waals surface area contributed by atoms with E-state index in [1.807, 2.05) is 6.07 Å². The molecule has 1 heterocycles. The largest absolute Gasteiger partial charge is 0.421 e. The molecule has 5 nitrogen and oxygen atoms in total. The summed E-state index contributed by atoms with van der Waals surface area (Å²) in [5.74, 6) is -0.202. The Hall–Kier alpha value is -2.44. The number of rotatable bonds is 5. The van der Waals surface area contributed by atoms with Gasteiger partial charge in [-0.1, -0.05) is 35.3 Å². The van der Waals surface area contributed by atoms with E-state index < -0.39 is 5.82 Å². The first-order valence-corrected chi connectivity index (χ1v) is 8.10. The average molecular weight is 380 g/mol. The summed E-state index contributed by atoms with van der Waals surface area (Å²) in [4.78, 5) is 12.0. The van der Waals surface area contributed by atoms with Gasteiger partial charge in [0.25, 0.3) is 0 Å². The molecule has 0 spiro atoms. The fourth-order valence-electron chi connectivity index (χ4n) is 2.12. The van der Waals surface area contributed by atoms with Crippen LogP contribution in [0.5, 0.6) is 0 Å². The summed E-state index contributed by atoms with van der Waals surface area (Å²) < 4.78 is 18.6. The molecule has 1 N–H and O–H groups in total. The highest BCUT2D eigenvalue weighted by Gasteiger charge is 2.13. The molecular formula is C17H12Cl2FN3O2.